The molecule has 0 saturated carbocycles. The van der Waals surface area contributed by atoms with Crippen LogP contribution in [0.3, 0.4) is 0 Å². The number of aryl methyl sites for hydroxylation is 2. The highest BCUT2D eigenvalue weighted by Gasteiger charge is 2.27. The van der Waals surface area contributed by atoms with Gasteiger partial charge in [0.05, 0.1) is 0 Å². The standard InChI is InChI=1S/C11H12F3NO/c1-7-3-4-9(5-8(7)2)10(16)15-6-11(12,13)14/h3-5H,6H2,1-2H3,(H,15,16). The van der Waals surface area contributed by atoms with Crippen molar-refractivity contribution in [2.75, 3.05) is 6.54 Å². The van der Waals surface area contributed by atoms with Gasteiger partial charge < -0.3 is 5.32 Å². The van der Waals surface area contributed by atoms with Gasteiger partial charge >= 0.3 is 6.18 Å². The third kappa shape index (κ3) is 3.56. The quantitative estimate of drug-likeness (QED) is 0.832. The second kappa shape index (κ2) is 4.55. The van der Waals surface area contributed by atoms with Gasteiger partial charge in [0.1, 0.15) is 6.54 Å². The Morgan fingerprint density at radius 1 is 1.25 bits per heavy atom. The molecule has 0 radical (unpaired) electrons. The Kier molecular flexibility index (Phi) is 3.57. The molecule has 1 rings (SSSR count). The molecule has 0 atom stereocenters. The highest BCUT2D eigenvalue weighted by Crippen LogP contribution is 2.13. The van der Waals surface area contributed by atoms with Crippen LogP contribution in [0.5, 0.6) is 0 Å². The zero-order chi connectivity index (χ0) is 12.3. The fraction of sp³-hybridized carbons (Fsp3) is 0.364. The number of alkyl halides is 3. The summed E-state index contributed by atoms with van der Waals surface area (Å²) in [6.45, 7) is 2.36. The summed E-state index contributed by atoms with van der Waals surface area (Å²) in [5.74, 6) is -0.708. The van der Waals surface area contributed by atoms with Crippen LogP contribution in [0.1, 0.15) is 21.5 Å². The van der Waals surface area contributed by atoms with Crippen molar-refractivity contribution in [2.24, 2.45) is 0 Å². The number of rotatable bonds is 2. The van der Waals surface area contributed by atoms with Crippen LogP contribution in [-0.2, 0) is 0 Å². The van der Waals surface area contributed by atoms with Crippen molar-refractivity contribution in [1.29, 1.82) is 0 Å². The van der Waals surface area contributed by atoms with E-state index in [0.29, 0.717) is 0 Å². The van der Waals surface area contributed by atoms with E-state index in [-0.39, 0.29) is 5.56 Å². The third-order valence-electron chi connectivity index (χ3n) is 2.22. The lowest BCUT2D eigenvalue weighted by Gasteiger charge is -2.09. The Balaban J connectivity index is 2.70. The second-order valence-corrected chi connectivity index (χ2v) is 3.60. The van der Waals surface area contributed by atoms with Gasteiger partial charge in [0.15, 0.2) is 0 Å². The minimum absolute atomic E-state index is 0.243. The largest absolute Gasteiger partial charge is 0.405 e. The van der Waals surface area contributed by atoms with E-state index in [1.807, 2.05) is 12.2 Å². The molecule has 0 unspecified atom stereocenters. The van der Waals surface area contributed by atoms with E-state index < -0.39 is 18.6 Å². The van der Waals surface area contributed by atoms with Gasteiger partial charge in [-0.05, 0) is 37.1 Å². The van der Waals surface area contributed by atoms with Crippen LogP contribution in [-0.4, -0.2) is 18.6 Å². The predicted molar refractivity (Wildman–Crippen MR) is 54.3 cm³/mol. The minimum Gasteiger partial charge on any atom is -0.343 e. The van der Waals surface area contributed by atoms with Gasteiger partial charge in [-0.1, -0.05) is 6.07 Å². The first-order valence-corrected chi connectivity index (χ1v) is 4.72. The number of halogens is 3. The number of carbonyl (C=O) groups excluding carboxylic acids is 1. The number of hydrogen-bond donors (Lipinski definition) is 1. The molecular formula is C11H12F3NO. The van der Waals surface area contributed by atoms with E-state index in [1.165, 1.54) is 6.07 Å². The zero-order valence-electron chi connectivity index (χ0n) is 8.98. The maximum atomic E-state index is 11.9. The summed E-state index contributed by atoms with van der Waals surface area (Å²) in [4.78, 5) is 11.3. The number of amides is 1. The van der Waals surface area contributed by atoms with E-state index in [9.17, 15) is 18.0 Å². The van der Waals surface area contributed by atoms with E-state index >= 15 is 0 Å². The van der Waals surface area contributed by atoms with E-state index in [2.05, 4.69) is 0 Å². The molecule has 0 spiro atoms. The maximum Gasteiger partial charge on any atom is 0.405 e. The molecule has 0 heterocycles. The zero-order valence-corrected chi connectivity index (χ0v) is 8.98. The molecule has 0 aromatic heterocycles. The molecule has 0 aliphatic heterocycles. The molecule has 2 nitrogen and oxygen atoms in total. The first-order valence-electron chi connectivity index (χ1n) is 4.72. The molecule has 1 N–H and O–H groups in total. The fourth-order valence-electron chi connectivity index (χ4n) is 1.17. The van der Waals surface area contributed by atoms with Crippen molar-refractivity contribution in [1.82, 2.24) is 5.32 Å². The second-order valence-electron chi connectivity index (χ2n) is 3.60. The lowest BCUT2D eigenvalue weighted by molar-refractivity contribution is -0.123. The van der Waals surface area contributed by atoms with Gasteiger partial charge in [0.2, 0.25) is 0 Å². The van der Waals surface area contributed by atoms with E-state index in [0.717, 1.165) is 11.1 Å². The van der Waals surface area contributed by atoms with Gasteiger partial charge in [0.25, 0.3) is 5.91 Å². The van der Waals surface area contributed by atoms with Crippen LogP contribution < -0.4 is 5.32 Å². The molecule has 1 aromatic carbocycles. The van der Waals surface area contributed by atoms with Gasteiger partial charge in [-0.3, -0.25) is 4.79 Å². The monoisotopic (exact) mass is 231 g/mol. The van der Waals surface area contributed by atoms with Crippen LogP contribution >= 0.6 is 0 Å². The Bertz CT molecular complexity index is 399. The number of nitrogens with one attached hydrogen (secondary N) is 1. The Hall–Kier alpha value is -1.52. The summed E-state index contributed by atoms with van der Waals surface area (Å²) in [5, 5.41) is 1.82. The molecule has 0 saturated heterocycles. The van der Waals surface area contributed by atoms with Gasteiger partial charge in [-0.25, -0.2) is 0 Å². The normalized spacial score (nSPS) is 11.3. The number of benzene rings is 1. The lowest BCUT2D eigenvalue weighted by atomic mass is 10.1. The third-order valence-corrected chi connectivity index (χ3v) is 2.22. The average Bonchev–Trinajstić information content (AvgIpc) is 2.17. The van der Waals surface area contributed by atoms with Crippen molar-refractivity contribution in [3.8, 4) is 0 Å². The maximum absolute atomic E-state index is 11.9. The topological polar surface area (TPSA) is 29.1 Å². The van der Waals surface area contributed by atoms with Gasteiger partial charge in [0, 0.05) is 5.56 Å². The van der Waals surface area contributed by atoms with Crippen LogP contribution in [0.4, 0.5) is 13.2 Å². The summed E-state index contributed by atoms with van der Waals surface area (Å²) in [7, 11) is 0. The van der Waals surface area contributed by atoms with Crippen molar-refractivity contribution < 1.29 is 18.0 Å². The summed E-state index contributed by atoms with van der Waals surface area (Å²) < 4.78 is 35.6. The minimum atomic E-state index is -4.38. The van der Waals surface area contributed by atoms with Gasteiger partial charge in [-0.2, -0.15) is 13.2 Å². The van der Waals surface area contributed by atoms with Crippen LogP contribution in [0.2, 0.25) is 0 Å². The molecule has 1 aromatic rings. The molecule has 0 fully saturated rings. The van der Waals surface area contributed by atoms with Crippen LogP contribution in [0, 0.1) is 13.8 Å². The van der Waals surface area contributed by atoms with E-state index in [1.54, 1.807) is 19.1 Å². The first-order chi connectivity index (χ1) is 7.29. The summed E-state index contributed by atoms with van der Waals surface area (Å²) in [5.41, 5.74) is 2.11. The molecule has 1 amide bonds. The number of carbonyl (C=O) groups is 1. The SMILES string of the molecule is Cc1ccc(C(=O)NCC(F)(F)F)cc1C. The Morgan fingerprint density at radius 3 is 2.38 bits per heavy atom. The molecule has 88 valence electrons. The van der Waals surface area contributed by atoms with Crippen molar-refractivity contribution in [3.05, 3.63) is 34.9 Å². The summed E-state index contributed by atoms with van der Waals surface area (Å²) >= 11 is 0. The van der Waals surface area contributed by atoms with E-state index in [4.69, 9.17) is 0 Å². The highest BCUT2D eigenvalue weighted by atomic mass is 19.4. The Labute approximate surface area is 91.5 Å². The molecule has 16 heavy (non-hydrogen) atoms. The molecular weight excluding hydrogens is 219 g/mol. The smallest absolute Gasteiger partial charge is 0.343 e. The molecule has 0 aliphatic carbocycles. The van der Waals surface area contributed by atoms with Crippen LogP contribution in [0.15, 0.2) is 18.2 Å². The van der Waals surface area contributed by atoms with Crippen molar-refractivity contribution >= 4 is 5.91 Å². The van der Waals surface area contributed by atoms with Crippen molar-refractivity contribution in [2.45, 2.75) is 20.0 Å². The lowest BCUT2D eigenvalue weighted by Crippen LogP contribution is -2.33. The molecule has 0 aliphatic rings. The van der Waals surface area contributed by atoms with Gasteiger partial charge in [-0.15, -0.1) is 0 Å². The predicted octanol–water partition coefficient (Wildman–Crippen LogP) is 2.60. The van der Waals surface area contributed by atoms with Crippen molar-refractivity contribution in [3.63, 3.8) is 0 Å². The Morgan fingerprint density at radius 2 is 1.88 bits per heavy atom. The average molecular weight is 231 g/mol. The van der Waals surface area contributed by atoms with Crippen LogP contribution in [0.25, 0.3) is 0 Å². The number of hydrogen-bond acceptors (Lipinski definition) is 1. The fourth-order valence-corrected chi connectivity index (χ4v) is 1.17. The first kappa shape index (κ1) is 12.5. The summed E-state index contributed by atoms with van der Waals surface area (Å²) in [6, 6.07) is 4.78. The summed E-state index contributed by atoms with van der Waals surface area (Å²) in [6.07, 6.45) is -4.38. The highest BCUT2D eigenvalue weighted by molar-refractivity contribution is 5.94. The molecule has 5 heteroatoms. The molecule has 0 bridgehead atoms.